The molecule has 15 heteroatoms. The first-order chi connectivity index (χ1) is 32.3. The Hall–Kier alpha value is -7.81. The van der Waals surface area contributed by atoms with Gasteiger partial charge in [0.25, 0.3) is 0 Å². The molecule has 10 nitrogen and oxygen atoms in total. The summed E-state index contributed by atoms with van der Waals surface area (Å²) in [6.45, 7) is 1.96. The van der Waals surface area contributed by atoms with E-state index in [0.717, 1.165) is 29.0 Å². The quantitative estimate of drug-likeness (QED) is 0.0667. The van der Waals surface area contributed by atoms with Crippen molar-refractivity contribution in [1.29, 1.82) is 0 Å². The number of carboxylic acids is 2. The van der Waals surface area contributed by atoms with Gasteiger partial charge >= 0.3 is 11.9 Å². The van der Waals surface area contributed by atoms with Crippen molar-refractivity contribution in [2.24, 2.45) is 11.8 Å². The fourth-order valence-electron chi connectivity index (χ4n) is 7.41. The zero-order chi connectivity index (χ0) is 47.5. The highest BCUT2D eigenvalue weighted by molar-refractivity contribution is 5.71. The fourth-order valence-corrected chi connectivity index (χ4v) is 7.41. The van der Waals surface area contributed by atoms with Gasteiger partial charge in [0, 0.05) is 62.1 Å². The van der Waals surface area contributed by atoms with Crippen molar-refractivity contribution < 1.29 is 50.6 Å². The van der Waals surface area contributed by atoms with Crippen molar-refractivity contribution in [3.63, 3.8) is 0 Å². The number of carboxylic acid groups (broad SMARTS) is 2. The first-order valence-electron chi connectivity index (χ1n) is 21.3. The van der Waals surface area contributed by atoms with Crippen molar-refractivity contribution in [2.45, 2.75) is 51.9 Å². The first kappa shape index (κ1) is 47.2. The van der Waals surface area contributed by atoms with E-state index in [9.17, 15) is 41.8 Å². The summed E-state index contributed by atoms with van der Waals surface area (Å²) in [5.74, 6) is -7.19. The number of carbonyl (C=O) groups is 2. The Morgan fingerprint density at radius 1 is 0.552 bits per heavy atom. The molecule has 0 aliphatic carbocycles. The van der Waals surface area contributed by atoms with Crippen molar-refractivity contribution >= 4 is 11.9 Å². The molecule has 0 radical (unpaired) electrons. The Bertz CT molecular complexity index is 2950. The van der Waals surface area contributed by atoms with E-state index in [1.54, 1.807) is 24.4 Å². The van der Waals surface area contributed by atoms with Gasteiger partial charge in [0.05, 0.1) is 64.7 Å². The monoisotopic (exact) mass is 914 g/mol. The Labute approximate surface area is 381 Å². The van der Waals surface area contributed by atoms with Crippen LogP contribution in [0, 0.1) is 40.9 Å². The van der Waals surface area contributed by atoms with Gasteiger partial charge in [-0.25, -0.2) is 31.9 Å². The van der Waals surface area contributed by atoms with E-state index in [2.05, 4.69) is 19.9 Å². The molecule has 0 aliphatic heterocycles. The van der Waals surface area contributed by atoms with Crippen LogP contribution in [0.3, 0.4) is 0 Å². The molecule has 0 spiro atoms. The van der Waals surface area contributed by atoms with Crippen LogP contribution in [0.4, 0.5) is 22.0 Å². The lowest BCUT2D eigenvalue weighted by atomic mass is 9.95. The molecule has 67 heavy (non-hydrogen) atoms. The number of nitrogens with zero attached hydrogens (tertiary/aromatic N) is 4. The number of halogens is 5. The lowest BCUT2D eigenvalue weighted by Gasteiger charge is -2.15. The van der Waals surface area contributed by atoms with Gasteiger partial charge in [0.2, 0.25) is 0 Å². The lowest BCUT2D eigenvalue weighted by molar-refractivity contribution is -0.142. The van der Waals surface area contributed by atoms with Crippen molar-refractivity contribution in [3.05, 3.63) is 214 Å². The first-order valence-corrected chi connectivity index (χ1v) is 21.3. The largest absolute Gasteiger partial charge is 0.481 e. The van der Waals surface area contributed by atoms with E-state index < -0.39 is 52.9 Å². The van der Waals surface area contributed by atoms with Gasteiger partial charge in [-0.3, -0.25) is 19.6 Å². The summed E-state index contributed by atoms with van der Waals surface area (Å²) >= 11 is 0. The standard InChI is InChI=1S/C27H24F2N2O3.C25H19F3N2O3/c1-2-20-11-12-21(34-20)13-19(27(32)33)15-23-24(14-18-9-6-10-22(28)26(18)29)31-25(16-30-23)17-7-4-3-5-8-17;26-18-9-16(24(28)20(27)13-18)11-22-21(12-17(25(31)32)10-19-7-4-8-33-19)29-14-23(30-22)15-5-2-1-3-6-15/h3-12,16,19H,2,13-15H2,1H3,(H,32,33);1-9,13-14,17H,10-12H2,(H,31,32). The number of aryl methyl sites for hydroxylation is 1. The number of benzene rings is 4. The summed E-state index contributed by atoms with van der Waals surface area (Å²) in [5.41, 5.74) is 3.89. The predicted octanol–water partition coefficient (Wildman–Crippen LogP) is 10.9. The molecular weight excluding hydrogens is 872 g/mol. The van der Waals surface area contributed by atoms with Gasteiger partial charge in [-0.15, -0.1) is 0 Å². The maximum atomic E-state index is 14.4. The molecular formula is C52H43F5N4O6. The third-order valence-electron chi connectivity index (χ3n) is 10.9. The van der Waals surface area contributed by atoms with Gasteiger partial charge < -0.3 is 19.0 Å². The predicted molar refractivity (Wildman–Crippen MR) is 237 cm³/mol. The van der Waals surface area contributed by atoms with E-state index in [1.807, 2.05) is 73.7 Å². The fraction of sp³-hybridized carbons (Fsp3) is 0.192. The summed E-state index contributed by atoms with van der Waals surface area (Å²) < 4.78 is 81.1. The van der Waals surface area contributed by atoms with Crippen LogP contribution in [0.2, 0.25) is 0 Å². The molecule has 4 heterocycles. The smallest absolute Gasteiger partial charge is 0.307 e. The van der Waals surface area contributed by atoms with Crippen molar-refractivity contribution in [2.75, 3.05) is 0 Å². The van der Waals surface area contributed by atoms with Crippen molar-refractivity contribution in [1.82, 2.24) is 19.9 Å². The second kappa shape index (κ2) is 21.9. The van der Waals surface area contributed by atoms with Crippen LogP contribution in [-0.4, -0.2) is 42.1 Å². The molecule has 0 aliphatic rings. The van der Waals surface area contributed by atoms with Crippen LogP contribution in [-0.2, 0) is 54.5 Å². The minimum Gasteiger partial charge on any atom is -0.481 e. The third kappa shape index (κ3) is 12.3. The average molecular weight is 915 g/mol. The molecule has 2 unspecified atom stereocenters. The van der Waals surface area contributed by atoms with Crippen LogP contribution in [0.1, 0.15) is 58.1 Å². The van der Waals surface area contributed by atoms with Crippen LogP contribution in [0.25, 0.3) is 22.5 Å². The van der Waals surface area contributed by atoms with Gasteiger partial charge in [-0.2, -0.15) is 0 Å². The summed E-state index contributed by atoms with van der Waals surface area (Å²) in [5, 5.41) is 19.6. The number of furan rings is 2. The van der Waals surface area contributed by atoms with E-state index >= 15 is 0 Å². The van der Waals surface area contributed by atoms with Gasteiger partial charge in [-0.1, -0.05) is 79.7 Å². The average Bonchev–Trinajstić information content (AvgIpc) is 4.03. The molecule has 8 rings (SSSR count). The molecule has 2 atom stereocenters. The normalized spacial score (nSPS) is 12.0. The van der Waals surface area contributed by atoms with Crippen LogP contribution in [0.5, 0.6) is 0 Å². The molecule has 0 bridgehead atoms. The van der Waals surface area contributed by atoms with E-state index in [-0.39, 0.29) is 55.3 Å². The van der Waals surface area contributed by atoms with Crippen LogP contribution < -0.4 is 0 Å². The van der Waals surface area contributed by atoms with E-state index in [0.29, 0.717) is 52.5 Å². The molecule has 2 N–H and O–H groups in total. The van der Waals surface area contributed by atoms with Gasteiger partial charge in [0.1, 0.15) is 23.1 Å². The van der Waals surface area contributed by atoms with Gasteiger partial charge in [-0.05, 0) is 47.5 Å². The minimum absolute atomic E-state index is 0.0142. The van der Waals surface area contributed by atoms with E-state index in [4.69, 9.17) is 8.83 Å². The van der Waals surface area contributed by atoms with E-state index in [1.165, 1.54) is 24.6 Å². The van der Waals surface area contributed by atoms with Gasteiger partial charge in [0.15, 0.2) is 23.3 Å². The van der Waals surface area contributed by atoms with Crippen LogP contribution in [0.15, 0.2) is 143 Å². The number of hydrogen-bond donors (Lipinski definition) is 2. The number of aromatic nitrogens is 4. The Morgan fingerprint density at radius 3 is 1.61 bits per heavy atom. The Morgan fingerprint density at radius 2 is 1.09 bits per heavy atom. The SMILES string of the molecule is CCc1ccc(CC(Cc2ncc(-c3ccccc3)nc2Cc2cccc(F)c2F)C(=O)O)o1.O=C(O)C(Cc1ccco1)Cc1ncc(-c2ccccc2)nc1Cc1cc(F)cc(F)c1F. The lowest BCUT2D eigenvalue weighted by Crippen LogP contribution is -2.21. The molecule has 0 saturated heterocycles. The summed E-state index contributed by atoms with van der Waals surface area (Å²) in [7, 11) is 0. The maximum Gasteiger partial charge on any atom is 0.307 e. The molecule has 4 aromatic heterocycles. The summed E-state index contributed by atoms with van der Waals surface area (Å²) in [4.78, 5) is 42.1. The van der Waals surface area contributed by atoms with Crippen molar-refractivity contribution in [3.8, 4) is 22.5 Å². The third-order valence-corrected chi connectivity index (χ3v) is 10.9. The number of aliphatic carboxylic acids is 2. The highest BCUT2D eigenvalue weighted by Gasteiger charge is 2.26. The molecule has 8 aromatic rings. The maximum absolute atomic E-state index is 14.4. The zero-order valence-corrected chi connectivity index (χ0v) is 36.0. The highest BCUT2D eigenvalue weighted by Crippen LogP contribution is 2.27. The molecule has 0 amide bonds. The highest BCUT2D eigenvalue weighted by atomic mass is 19.2. The molecule has 0 fully saturated rings. The number of hydrogen-bond acceptors (Lipinski definition) is 8. The summed E-state index contributed by atoms with van der Waals surface area (Å²) in [6, 6.07) is 30.7. The minimum atomic E-state index is -1.31. The topological polar surface area (TPSA) is 152 Å². The summed E-state index contributed by atoms with van der Waals surface area (Å²) in [6.07, 6.45) is 5.34. The zero-order valence-electron chi connectivity index (χ0n) is 36.0. The molecule has 4 aromatic carbocycles. The Balaban J connectivity index is 0.000000199. The molecule has 0 saturated carbocycles. The second-order valence-electron chi connectivity index (χ2n) is 15.6. The van der Waals surface area contributed by atoms with Crippen LogP contribution >= 0.6 is 0 Å². The Kier molecular flexibility index (Phi) is 15.4. The molecule has 342 valence electrons. The second-order valence-corrected chi connectivity index (χ2v) is 15.6. The number of rotatable bonds is 17.